The molecule has 2 aliphatic heterocycles. The first-order chi connectivity index (χ1) is 11.4. The Hall–Kier alpha value is -2.62. The van der Waals surface area contributed by atoms with Gasteiger partial charge in [0.25, 0.3) is 0 Å². The second kappa shape index (κ2) is 6.24. The lowest BCUT2D eigenvalue weighted by Crippen LogP contribution is -2.17. The summed E-state index contributed by atoms with van der Waals surface area (Å²) in [5.74, 6) is 1.48. The molecular weight excluding hydrogens is 288 g/mol. The normalized spacial score (nSPS) is 23.0. The Labute approximate surface area is 135 Å². The fourth-order valence-electron chi connectivity index (χ4n) is 2.86. The van der Waals surface area contributed by atoms with Gasteiger partial charge in [-0.05, 0) is 30.7 Å². The third kappa shape index (κ3) is 3.11. The van der Waals surface area contributed by atoms with Crippen LogP contribution in [0.1, 0.15) is 17.5 Å². The van der Waals surface area contributed by atoms with E-state index in [1.54, 1.807) is 0 Å². The maximum atomic E-state index is 5.73. The first kappa shape index (κ1) is 14.0. The minimum atomic E-state index is 0.151. The van der Waals surface area contributed by atoms with Gasteiger partial charge in [0.1, 0.15) is 13.2 Å². The maximum absolute atomic E-state index is 5.73. The Morgan fingerprint density at radius 2 is 1.13 bits per heavy atom. The van der Waals surface area contributed by atoms with Crippen LogP contribution in [-0.4, -0.2) is 37.1 Å². The average Bonchev–Trinajstić information content (AvgIpc) is 3.27. The Balaban J connectivity index is 1.42. The second-order valence-corrected chi connectivity index (χ2v) is 5.77. The van der Waals surface area contributed by atoms with Crippen molar-refractivity contribution in [1.29, 1.82) is 0 Å². The van der Waals surface area contributed by atoms with Gasteiger partial charge in [0, 0.05) is 11.1 Å². The first-order valence-electron chi connectivity index (χ1n) is 7.90. The van der Waals surface area contributed by atoms with Crippen molar-refractivity contribution in [3.05, 3.63) is 71.8 Å². The Kier molecular flexibility index (Phi) is 3.80. The van der Waals surface area contributed by atoms with Gasteiger partial charge in [-0.2, -0.15) is 0 Å². The molecule has 0 saturated heterocycles. The van der Waals surface area contributed by atoms with Crippen molar-refractivity contribution in [2.24, 2.45) is 9.98 Å². The quantitative estimate of drug-likeness (QED) is 0.871. The molecule has 2 atom stereocenters. The maximum Gasteiger partial charge on any atom is 0.216 e. The monoisotopic (exact) mass is 306 g/mol. The topological polar surface area (TPSA) is 43.2 Å². The minimum Gasteiger partial charge on any atom is -0.475 e. The summed E-state index contributed by atoms with van der Waals surface area (Å²) in [4.78, 5) is 9.38. The third-order valence-corrected chi connectivity index (χ3v) is 4.01. The van der Waals surface area contributed by atoms with Crippen molar-refractivity contribution in [2.75, 3.05) is 13.2 Å². The van der Waals surface area contributed by atoms with E-state index in [1.807, 2.05) is 60.7 Å². The van der Waals surface area contributed by atoms with Gasteiger partial charge in [-0.3, -0.25) is 0 Å². The first-order valence-corrected chi connectivity index (χ1v) is 7.90. The second-order valence-electron chi connectivity index (χ2n) is 5.77. The molecule has 4 heteroatoms. The van der Waals surface area contributed by atoms with Gasteiger partial charge in [-0.15, -0.1) is 0 Å². The zero-order valence-electron chi connectivity index (χ0n) is 12.8. The number of nitrogens with zero attached hydrogens (tertiary/aromatic N) is 2. The van der Waals surface area contributed by atoms with Crippen molar-refractivity contribution in [1.82, 2.24) is 0 Å². The van der Waals surface area contributed by atoms with Crippen LogP contribution in [0.15, 0.2) is 70.6 Å². The van der Waals surface area contributed by atoms with Gasteiger partial charge in [0.15, 0.2) is 0 Å². The van der Waals surface area contributed by atoms with Crippen LogP contribution in [0.5, 0.6) is 0 Å². The van der Waals surface area contributed by atoms with E-state index in [0.717, 1.165) is 29.3 Å². The van der Waals surface area contributed by atoms with Crippen molar-refractivity contribution < 1.29 is 9.47 Å². The number of hydrogen-bond donors (Lipinski definition) is 0. The van der Waals surface area contributed by atoms with E-state index in [0.29, 0.717) is 13.2 Å². The van der Waals surface area contributed by atoms with Crippen LogP contribution in [0, 0.1) is 0 Å². The van der Waals surface area contributed by atoms with Gasteiger partial charge < -0.3 is 9.47 Å². The molecule has 0 saturated carbocycles. The Morgan fingerprint density at radius 3 is 1.57 bits per heavy atom. The molecule has 0 amide bonds. The summed E-state index contributed by atoms with van der Waals surface area (Å²) in [5, 5.41) is 0. The SMILES string of the molecule is c1ccc(C2=N[C@@H](C[C@@H]3COC(c4ccccc4)=N3)CO2)cc1. The van der Waals surface area contributed by atoms with Gasteiger partial charge >= 0.3 is 0 Å². The number of ether oxygens (including phenoxy) is 2. The van der Waals surface area contributed by atoms with Crippen LogP contribution in [0.25, 0.3) is 0 Å². The fraction of sp³-hybridized carbons (Fsp3) is 0.263. The molecule has 0 radical (unpaired) electrons. The van der Waals surface area contributed by atoms with Crippen LogP contribution in [0.3, 0.4) is 0 Å². The summed E-state index contributed by atoms with van der Waals surface area (Å²) < 4.78 is 11.5. The molecule has 2 aliphatic rings. The highest BCUT2D eigenvalue weighted by atomic mass is 16.5. The van der Waals surface area contributed by atoms with E-state index in [9.17, 15) is 0 Å². The zero-order chi connectivity index (χ0) is 15.5. The summed E-state index contributed by atoms with van der Waals surface area (Å²) in [6, 6.07) is 20.3. The lowest BCUT2D eigenvalue weighted by Gasteiger charge is -2.07. The van der Waals surface area contributed by atoms with Crippen molar-refractivity contribution >= 4 is 11.8 Å². The molecule has 0 unspecified atom stereocenters. The Bertz CT molecular complexity index is 662. The largest absolute Gasteiger partial charge is 0.475 e. The molecule has 116 valence electrons. The number of rotatable bonds is 4. The molecule has 0 N–H and O–H groups in total. The van der Waals surface area contributed by atoms with E-state index in [4.69, 9.17) is 9.47 Å². The molecule has 0 spiro atoms. The Morgan fingerprint density at radius 1 is 0.696 bits per heavy atom. The molecule has 2 aromatic rings. The average molecular weight is 306 g/mol. The molecule has 0 fully saturated rings. The minimum absolute atomic E-state index is 0.151. The lowest BCUT2D eigenvalue weighted by molar-refractivity contribution is 0.279. The summed E-state index contributed by atoms with van der Waals surface area (Å²) in [6.07, 6.45) is 0.854. The zero-order valence-corrected chi connectivity index (χ0v) is 12.8. The van der Waals surface area contributed by atoms with Gasteiger partial charge in [0.2, 0.25) is 11.8 Å². The van der Waals surface area contributed by atoms with E-state index < -0.39 is 0 Å². The van der Waals surface area contributed by atoms with E-state index in [-0.39, 0.29) is 12.1 Å². The summed E-state index contributed by atoms with van der Waals surface area (Å²) in [6.45, 7) is 1.24. The van der Waals surface area contributed by atoms with E-state index in [2.05, 4.69) is 9.98 Å². The van der Waals surface area contributed by atoms with Crippen molar-refractivity contribution in [3.8, 4) is 0 Å². The van der Waals surface area contributed by atoms with Gasteiger partial charge in [0.05, 0.1) is 12.1 Å². The van der Waals surface area contributed by atoms with Gasteiger partial charge in [-0.1, -0.05) is 36.4 Å². The third-order valence-electron chi connectivity index (χ3n) is 4.01. The summed E-state index contributed by atoms with van der Waals surface area (Å²) >= 11 is 0. The molecule has 2 aromatic carbocycles. The van der Waals surface area contributed by atoms with Crippen LogP contribution < -0.4 is 0 Å². The highest BCUT2D eigenvalue weighted by Crippen LogP contribution is 2.20. The molecule has 4 rings (SSSR count). The van der Waals surface area contributed by atoms with Crippen LogP contribution in [0.2, 0.25) is 0 Å². The summed E-state index contributed by atoms with van der Waals surface area (Å²) in [5.41, 5.74) is 2.07. The number of aliphatic imine (C=N–C) groups is 2. The molecule has 0 aromatic heterocycles. The predicted molar refractivity (Wildman–Crippen MR) is 90.1 cm³/mol. The van der Waals surface area contributed by atoms with E-state index >= 15 is 0 Å². The highest BCUT2D eigenvalue weighted by Gasteiger charge is 2.27. The highest BCUT2D eigenvalue weighted by molar-refractivity contribution is 5.95. The molecule has 23 heavy (non-hydrogen) atoms. The molecule has 4 nitrogen and oxygen atoms in total. The molecule has 2 heterocycles. The van der Waals surface area contributed by atoms with Crippen LogP contribution in [-0.2, 0) is 9.47 Å². The number of hydrogen-bond acceptors (Lipinski definition) is 4. The smallest absolute Gasteiger partial charge is 0.216 e. The van der Waals surface area contributed by atoms with Crippen LogP contribution >= 0.6 is 0 Å². The summed E-state index contributed by atoms with van der Waals surface area (Å²) in [7, 11) is 0. The van der Waals surface area contributed by atoms with Crippen LogP contribution in [0.4, 0.5) is 0 Å². The van der Waals surface area contributed by atoms with Crippen molar-refractivity contribution in [3.63, 3.8) is 0 Å². The van der Waals surface area contributed by atoms with Gasteiger partial charge in [-0.25, -0.2) is 9.98 Å². The van der Waals surface area contributed by atoms with Crippen molar-refractivity contribution in [2.45, 2.75) is 18.5 Å². The molecule has 0 bridgehead atoms. The standard InChI is InChI=1S/C19H18N2O2/c1-3-7-14(8-4-1)18-20-16(12-22-18)11-17-13-23-19(21-17)15-9-5-2-6-10-15/h1-10,16-17H,11-13H2/t16-,17+. The molecule has 0 aliphatic carbocycles. The molecular formula is C19H18N2O2. The van der Waals surface area contributed by atoms with E-state index in [1.165, 1.54) is 0 Å². The lowest BCUT2D eigenvalue weighted by atomic mass is 10.1. The fourth-order valence-corrected chi connectivity index (χ4v) is 2.86. The predicted octanol–water partition coefficient (Wildman–Crippen LogP) is 3.07. The number of benzene rings is 2.